The van der Waals surface area contributed by atoms with Gasteiger partial charge in [0, 0.05) is 25.2 Å². The van der Waals surface area contributed by atoms with Crippen LogP contribution in [0.25, 0.3) is 23.1 Å². The summed E-state index contributed by atoms with van der Waals surface area (Å²) in [5.41, 5.74) is 9.06. The van der Waals surface area contributed by atoms with Crippen molar-refractivity contribution in [3.8, 4) is 5.75 Å². The van der Waals surface area contributed by atoms with Crippen LogP contribution in [0.15, 0.2) is 84.0 Å². The number of hydrogen-bond acceptors (Lipinski definition) is 5. The van der Waals surface area contributed by atoms with E-state index in [9.17, 15) is 0 Å². The van der Waals surface area contributed by atoms with Gasteiger partial charge in [0.1, 0.15) is 5.75 Å². The fraction of sp³-hybridized carbons (Fsp3) is 0.111. The smallest absolute Gasteiger partial charge is 0.119 e. The maximum Gasteiger partial charge on any atom is 0.119 e. The van der Waals surface area contributed by atoms with Gasteiger partial charge in [-0.3, -0.25) is 5.43 Å². The van der Waals surface area contributed by atoms with Crippen molar-refractivity contribution in [2.24, 2.45) is 5.10 Å². The molecule has 5 heteroatoms. The zero-order valence-corrected chi connectivity index (χ0v) is 18.5. The number of nitrogens with zero attached hydrogens (tertiary/aromatic N) is 3. The summed E-state index contributed by atoms with van der Waals surface area (Å²) in [6.07, 6.45) is 5.87. The lowest BCUT2D eigenvalue weighted by Crippen LogP contribution is -2.08. The minimum Gasteiger partial charge on any atom is -0.497 e. The Bertz CT molecular complexity index is 1250. The maximum absolute atomic E-state index is 5.41. The lowest BCUT2D eigenvalue weighted by molar-refractivity contribution is 0.415. The van der Waals surface area contributed by atoms with E-state index in [2.05, 4.69) is 45.8 Å². The van der Waals surface area contributed by atoms with Crippen molar-refractivity contribution in [1.82, 2.24) is 4.98 Å². The predicted octanol–water partition coefficient (Wildman–Crippen LogP) is 5.93. The van der Waals surface area contributed by atoms with E-state index in [1.165, 1.54) is 0 Å². The van der Waals surface area contributed by atoms with E-state index in [1.807, 2.05) is 81.0 Å². The van der Waals surface area contributed by atoms with Crippen LogP contribution in [0.4, 0.5) is 11.4 Å². The summed E-state index contributed by atoms with van der Waals surface area (Å²) in [4.78, 5) is 6.85. The lowest BCUT2D eigenvalue weighted by Gasteiger charge is -2.11. The molecule has 0 aliphatic rings. The van der Waals surface area contributed by atoms with Crippen molar-refractivity contribution < 1.29 is 4.74 Å². The van der Waals surface area contributed by atoms with Gasteiger partial charge in [-0.25, -0.2) is 4.98 Å². The minimum atomic E-state index is 0.776. The highest BCUT2D eigenvalue weighted by molar-refractivity contribution is 5.94. The fourth-order valence-corrected chi connectivity index (χ4v) is 3.31. The van der Waals surface area contributed by atoms with Crippen LogP contribution in [0.3, 0.4) is 0 Å². The second-order valence-electron chi connectivity index (χ2n) is 7.58. The molecule has 0 aliphatic carbocycles. The van der Waals surface area contributed by atoms with E-state index in [1.54, 1.807) is 7.11 Å². The van der Waals surface area contributed by atoms with Gasteiger partial charge in [0.2, 0.25) is 0 Å². The normalized spacial score (nSPS) is 11.3. The number of rotatable bonds is 7. The fourth-order valence-electron chi connectivity index (χ4n) is 3.31. The first kappa shape index (κ1) is 21.1. The van der Waals surface area contributed by atoms with Crippen LogP contribution >= 0.6 is 0 Å². The van der Waals surface area contributed by atoms with Crippen molar-refractivity contribution in [3.63, 3.8) is 0 Å². The Labute approximate surface area is 188 Å². The number of hydrazone groups is 1. The number of benzene rings is 3. The van der Waals surface area contributed by atoms with Gasteiger partial charge >= 0.3 is 0 Å². The summed E-state index contributed by atoms with van der Waals surface area (Å²) in [5, 5.41) is 5.42. The predicted molar refractivity (Wildman–Crippen MR) is 136 cm³/mol. The Hall–Kier alpha value is -4.12. The molecule has 32 heavy (non-hydrogen) atoms. The molecule has 1 aromatic heterocycles. The van der Waals surface area contributed by atoms with Crippen LogP contribution in [0, 0.1) is 0 Å². The molecule has 3 aromatic carbocycles. The number of aromatic nitrogens is 1. The zero-order valence-electron chi connectivity index (χ0n) is 18.5. The van der Waals surface area contributed by atoms with Crippen LogP contribution in [0.1, 0.15) is 16.8 Å². The van der Waals surface area contributed by atoms with Gasteiger partial charge in [-0.05, 0) is 53.6 Å². The molecule has 1 N–H and O–H groups in total. The zero-order chi connectivity index (χ0) is 22.3. The Balaban J connectivity index is 1.63. The van der Waals surface area contributed by atoms with Gasteiger partial charge in [0.15, 0.2) is 0 Å². The second-order valence-corrected chi connectivity index (χ2v) is 7.58. The van der Waals surface area contributed by atoms with Crippen LogP contribution in [-0.2, 0) is 0 Å². The first-order valence-corrected chi connectivity index (χ1v) is 10.4. The summed E-state index contributed by atoms with van der Waals surface area (Å²) in [6, 6.07) is 26.2. The third-order valence-corrected chi connectivity index (χ3v) is 5.09. The quantitative estimate of drug-likeness (QED) is 0.296. The highest BCUT2D eigenvalue weighted by Gasteiger charge is 2.06. The van der Waals surface area contributed by atoms with Crippen molar-refractivity contribution >= 4 is 40.6 Å². The molecule has 0 bridgehead atoms. The molecule has 4 rings (SSSR count). The molecule has 0 saturated heterocycles. The lowest BCUT2D eigenvalue weighted by atomic mass is 10.1. The molecule has 0 spiro atoms. The molecule has 0 saturated carbocycles. The molecule has 4 aromatic rings. The van der Waals surface area contributed by atoms with Crippen LogP contribution in [0.2, 0.25) is 0 Å². The van der Waals surface area contributed by atoms with Gasteiger partial charge in [0.05, 0.1) is 30.2 Å². The summed E-state index contributed by atoms with van der Waals surface area (Å²) in [7, 11) is 5.71. The molecule has 1 heterocycles. The Morgan fingerprint density at radius 3 is 2.38 bits per heavy atom. The molecule has 0 fully saturated rings. The van der Waals surface area contributed by atoms with Gasteiger partial charge in [-0.2, -0.15) is 5.10 Å². The van der Waals surface area contributed by atoms with Crippen molar-refractivity contribution in [1.29, 1.82) is 0 Å². The number of ether oxygens (including phenoxy) is 1. The average molecular weight is 423 g/mol. The minimum absolute atomic E-state index is 0.776. The molecule has 160 valence electrons. The highest BCUT2D eigenvalue weighted by atomic mass is 16.5. The Kier molecular flexibility index (Phi) is 6.46. The number of fused-ring (bicyclic) bond motifs is 1. The molecule has 5 nitrogen and oxygen atoms in total. The monoisotopic (exact) mass is 422 g/mol. The SMILES string of the molecule is COc1ccc2nc(C=Cc3ccccc3)cc(NN=Cc3ccc(N(C)C)cc3)c2c1. The molecule has 0 amide bonds. The topological polar surface area (TPSA) is 49.8 Å². The number of anilines is 2. The Morgan fingerprint density at radius 1 is 0.875 bits per heavy atom. The van der Waals surface area contributed by atoms with Gasteiger partial charge in [-0.1, -0.05) is 48.5 Å². The van der Waals surface area contributed by atoms with Crippen molar-refractivity contribution in [3.05, 3.63) is 95.7 Å². The van der Waals surface area contributed by atoms with E-state index >= 15 is 0 Å². The third kappa shape index (κ3) is 5.13. The third-order valence-electron chi connectivity index (χ3n) is 5.09. The summed E-state index contributed by atoms with van der Waals surface area (Å²) < 4.78 is 5.41. The first-order valence-electron chi connectivity index (χ1n) is 10.4. The van der Waals surface area contributed by atoms with Crippen LogP contribution in [-0.4, -0.2) is 32.4 Å². The number of pyridine rings is 1. The van der Waals surface area contributed by atoms with E-state index < -0.39 is 0 Å². The van der Waals surface area contributed by atoms with Gasteiger partial charge < -0.3 is 9.64 Å². The van der Waals surface area contributed by atoms with Crippen molar-refractivity contribution in [2.75, 3.05) is 31.5 Å². The molecular weight excluding hydrogens is 396 g/mol. The van der Waals surface area contributed by atoms with Gasteiger partial charge in [0.25, 0.3) is 0 Å². The summed E-state index contributed by atoms with van der Waals surface area (Å²) in [6.45, 7) is 0. The standard InChI is InChI=1S/C27H26N4O/c1-31(2)23-13-10-21(11-14-23)19-28-30-27-17-22(12-9-20-7-5-4-6-8-20)29-26-16-15-24(32-3)18-25(26)27/h4-19H,1-3H3,(H,29,30). The highest BCUT2D eigenvalue weighted by Crippen LogP contribution is 2.28. The second kappa shape index (κ2) is 9.79. The molecule has 0 aliphatic heterocycles. The average Bonchev–Trinajstić information content (AvgIpc) is 2.83. The van der Waals surface area contributed by atoms with Crippen LogP contribution in [0.5, 0.6) is 5.75 Å². The first-order chi connectivity index (χ1) is 15.6. The summed E-state index contributed by atoms with van der Waals surface area (Å²) >= 11 is 0. The molecule has 0 radical (unpaired) electrons. The molecule has 0 unspecified atom stereocenters. The van der Waals surface area contributed by atoms with E-state index in [0.29, 0.717) is 0 Å². The Morgan fingerprint density at radius 2 is 1.66 bits per heavy atom. The molecule has 0 atom stereocenters. The maximum atomic E-state index is 5.41. The van der Waals surface area contributed by atoms with E-state index in [0.717, 1.165) is 44.8 Å². The number of hydrogen-bond donors (Lipinski definition) is 1. The largest absolute Gasteiger partial charge is 0.497 e. The van der Waals surface area contributed by atoms with Gasteiger partial charge in [-0.15, -0.1) is 0 Å². The van der Waals surface area contributed by atoms with Crippen LogP contribution < -0.4 is 15.1 Å². The van der Waals surface area contributed by atoms with Crippen molar-refractivity contribution in [2.45, 2.75) is 0 Å². The summed E-state index contributed by atoms with van der Waals surface area (Å²) in [5.74, 6) is 0.776. The molecular formula is C27H26N4O. The van der Waals surface area contributed by atoms with E-state index in [-0.39, 0.29) is 0 Å². The number of methoxy groups -OCH3 is 1. The van der Waals surface area contributed by atoms with E-state index in [4.69, 9.17) is 9.72 Å². The number of nitrogens with one attached hydrogen (secondary N) is 1.